The van der Waals surface area contributed by atoms with Gasteiger partial charge in [-0.3, -0.25) is 19.7 Å². The number of amides is 1. The largest absolute Gasteiger partial charge is 0.481 e. The number of rotatable bonds is 4. The van der Waals surface area contributed by atoms with Gasteiger partial charge in [-0.1, -0.05) is 23.8 Å². The van der Waals surface area contributed by atoms with Crippen molar-refractivity contribution in [2.75, 3.05) is 5.32 Å². The van der Waals surface area contributed by atoms with Gasteiger partial charge in [0, 0.05) is 11.1 Å². The Morgan fingerprint density at radius 2 is 1.91 bits per heavy atom. The number of carboxylic acid groups (broad SMARTS) is 1. The summed E-state index contributed by atoms with van der Waals surface area (Å²) < 4.78 is 0. The topological polar surface area (TPSA) is 110 Å². The van der Waals surface area contributed by atoms with E-state index in [0.29, 0.717) is 0 Å². The van der Waals surface area contributed by atoms with Gasteiger partial charge in [-0.15, -0.1) is 0 Å². The maximum Gasteiger partial charge on any atom is 0.307 e. The summed E-state index contributed by atoms with van der Waals surface area (Å²) in [7, 11) is 0. The van der Waals surface area contributed by atoms with Crippen molar-refractivity contribution in [2.45, 2.75) is 12.8 Å². The Bertz CT molecular complexity index is 659. The molecule has 1 aromatic carbocycles. The second-order valence-electron chi connectivity index (χ2n) is 4.90. The average Bonchev–Trinajstić information content (AvgIpc) is 2.48. The second-order valence-corrected chi connectivity index (χ2v) is 5.34. The van der Waals surface area contributed by atoms with Gasteiger partial charge in [-0.25, -0.2) is 0 Å². The van der Waals surface area contributed by atoms with Gasteiger partial charge in [-0.05, 0) is 25.0 Å². The molecule has 116 valence electrons. The third kappa shape index (κ3) is 3.43. The highest BCUT2D eigenvalue weighted by molar-refractivity contribution is 6.31. The molecular formula is C14H13ClN2O5. The van der Waals surface area contributed by atoms with Crippen molar-refractivity contribution < 1.29 is 19.6 Å². The average molecular weight is 325 g/mol. The molecule has 0 saturated carbocycles. The first-order valence-corrected chi connectivity index (χ1v) is 6.90. The predicted molar refractivity (Wildman–Crippen MR) is 79.7 cm³/mol. The number of nitro benzene ring substituents is 1. The van der Waals surface area contributed by atoms with Crippen LogP contribution in [0.25, 0.3) is 0 Å². The van der Waals surface area contributed by atoms with Crippen LogP contribution in [0.1, 0.15) is 12.8 Å². The Morgan fingerprint density at radius 1 is 1.27 bits per heavy atom. The van der Waals surface area contributed by atoms with Gasteiger partial charge in [0.05, 0.1) is 16.8 Å². The Morgan fingerprint density at radius 3 is 2.50 bits per heavy atom. The van der Waals surface area contributed by atoms with Crippen LogP contribution >= 0.6 is 11.6 Å². The normalized spacial score (nSPS) is 20.4. The molecule has 0 heterocycles. The van der Waals surface area contributed by atoms with Crippen LogP contribution in [0.3, 0.4) is 0 Å². The van der Waals surface area contributed by atoms with E-state index in [9.17, 15) is 19.7 Å². The van der Waals surface area contributed by atoms with E-state index in [2.05, 4.69) is 5.32 Å². The Kier molecular flexibility index (Phi) is 4.77. The molecule has 0 aromatic heterocycles. The monoisotopic (exact) mass is 324 g/mol. The first-order valence-electron chi connectivity index (χ1n) is 6.52. The summed E-state index contributed by atoms with van der Waals surface area (Å²) in [6.45, 7) is 0. The van der Waals surface area contributed by atoms with Crippen LogP contribution in [-0.2, 0) is 9.59 Å². The van der Waals surface area contributed by atoms with Crippen molar-refractivity contribution in [1.29, 1.82) is 0 Å². The van der Waals surface area contributed by atoms with Crippen LogP contribution < -0.4 is 5.32 Å². The molecule has 1 aromatic rings. The summed E-state index contributed by atoms with van der Waals surface area (Å²) in [5.41, 5.74) is -0.336. The number of carbonyl (C=O) groups excluding carboxylic acids is 1. The minimum Gasteiger partial charge on any atom is -0.481 e. The molecule has 2 rings (SSSR count). The molecule has 0 fully saturated rings. The van der Waals surface area contributed by atoms with Gasteiger partial charge < -0.3 is 10.4 Å². The van der Waals surface area contributed by atoms with Gasteiger partial charge in [0.25, 0.3) is 5.69 Å². The van der Waals surface area contributed by atoms with Gasteiger partial charge in [-0.2, -0.15) is 0 Å². The number of benzene rings is 1. The SMILES string of the molecule is O=C(Nc1ccc(Cl)cc1[N+](=O)[O-])[C@H]1CC=CC[C@H]1C(=O)O. The van der Waals surface area contributed by atoms with Crippen LogP contribution in [-0.4, -0.2) is 21.9 Å². The molecule has 2 atom stereocenters. The number of anilines is 1. The van der Waals surface area contributed by atoms with E-state index in [1.807, 2.05) is 0 Å². The van der Waals surface area contributed by atoms with Crippen LogP contribution in [0.15, 0.2) is 30.4 Å². The molecule has 1 aliphatic carbocycles. The number of nitro groups is 1. The molecule has 1 amide bonds. The van der Waals surface area contributed by atoms with Crippen molar-refractivity contribution in [3.8, 4) is 0 Å². The highest BCUT2D eigenvalue weighted by atomic mass is 35.5. The number of allylic oxidation sites excluding steroid dienone is 2. The smallest absolute Gasteiger partial charge is 0.307 e. The Hall–Kier alpha value is -2.41. The van der Waals surface area contributed by atoms with E-state index in [4.69, 9.17) is 16.7 Å². The van der Waals surface area contributed by atoms with Crippen molar-refractivity contribution in [3.63, 3.8) is 0 Å². The van der Waals surface area contributed by atoms with Gasteiger partial charge in [0.1, 0.15) is 5.69 Å². The van der Waals surface area contributed by atoms with Crippen LogP contribution in [0.2, 0.25) is 5.02 Å². The molecule has 0 aliphatic heterocycles. The van der Waals surface area contributed by atoms with E-state index < -0.39 is 28.6 Å². The molecule has 0 bridgehead atoms. The lowest BCUT2D eigenvalue weighted by Crippen LogP contribution is -2.34. The molecule has 0 unspecified atom stereocenters. The number of hydrogen-bond donors (Lipinski definition) is 2. The number of halogens is 1. The summed E-state index contributed by atoms with van der Waals surface area (Å²) in [4.78, 5) is 33.8. The van der Waals surface area contributed by atoms with E-state index in [1.165, 1.54) is 12.1 Å². The molecule has 1 aliphatic rings. The van der Waals surface area contributed by atoms with Crippen molar-refractivity contribution in [2.24, 2.45) is 11.8 Å². The lowest BCUT2D eigenvalue weighted by atomic mass is 9.82. The minimum absolute atomic E-state index is 0.00177. The number of carboxylic acids is 1. The highest BCUT2D eigenvalue weighted by Crippen LogP contribution is 2.31. The van der Waals surface area contributed by atoms with Crippen LogP contribution in [0, 0.1) is 22.0 Å². The first-order chi connectivity index (χ1) is 10.4. The minimum atomic E-state index is -1.06. The van der Waals surface area contributed by atoms with Crippen molar-refractivity contribution in [1.82, 2.24) is 0 Å². The zero-order valence-electron chi connectivity index (χ0n) is 11.4. The number of carbonyl (C=O) groups is 2. The molecular weight excluding hydrogens is 312 g/mol. The molecule has 0 radical (unpaired) electrons. The molecule has 0 saturated heterocycles. The van der Waals surface area contributed by atoms with Gasteiger partial charge >= 0.3 is 5.97 Å². The van der Waals surface area contributed by atoms with E-state index in [1.54, 1.807) is 12.2 Å². The fourth-order valence-electron chi connectivity index (χ4n) is 2.36. The van der Waals surface area contributed by atoms with E-state index in [-0.39, 0.29) is 29.2 Å². The maximum absolute atomic E-state index is 12.3. The third-order valence-electron chi connectivity index (χ3n) is 3.50. The van der Waals surface area contributed by atoms with E-state index in [0.717, 1.165) is 6.07 Å². The van der Waals surface area contributed by atoms with Crippen molar-refractivity contribution >= 4 is 34.9 Å². The predicted octanol–water partition coefficient (Wildman–Crippen LogP) is 2.85. The summed E-state index contributed by atoms with van der Waals surface area (Å²) in [6, 6.07) is 3.87. The zero-order valence-corrected chi connectivity index (χ0v) is 12.1. The Balaban J connectivity index is 2.23. The highest BCUT2D eigenvalue weighted by Gasteiger charge is 2.34. The van der Waals surface area contributed by atoms with Gasteiger partial charge in [0.2, 0.25) is 5.91 Å². The molecule has 22 heavy (non-hydrogen) atoms. The standard InChI is InChI=1S/C14H13ClN2O5/c15-8-5-6-11(12(7-8)17(21)22)16-13(18)9-3-1-2-4-10(9)14(19)20/h1-2,5-7,9-10H,3-4H2,(H,16,18)(H,19,20)/t9-,10+/m0/s1. The fourth-order valence-corrected chi connectivity index (χ4v) is 2.53. The number of aliphatic carboxylic acids is 1. The summed E-state index contributed by atoms with van der Waals surface area (Å²) >= 11 is 5.71. The first kappa shape index (κ1) is 16.0. The summed E-state index contributed by atoms with van der Waals surface area (Å²) in [6.07, 6.45) is 3.99. The lowest BCUT2D eigenvalue weighted by Gasteiger charge is -2.24. The number of nitrogens with one attached hydrogen (secondary N) is 1. The molecule has 2 N–H and O–H groups in total. The quantitative estimate of drug-likeness (QED) is 0.502. The molecule has 8 heteroatoms. The van der Waals surface area contributed by atoms with Gasteiger partial charge in [0.15, 0.2) is 0 Å². The fraction of sp³-hybridized carbons (Fsp3) is 0.286. The number of hydrogen-bond acceptors (Lipinski definition) is 4. The lowest BCUT2D eigenvalue weighted by molar-refractivity contribution is -0.383. The summed E-state index contributed by atoms with van der Waals surface area (Å²) in [5.74, 6) is -3.22. The van der Waals surface area contributed by atoms with Crippen molar-refractivity contribution in [3.05, 3.63) is 45.5 Å². The maximum atomic E-state index is 12.3. The zero-order chi connectivity index (χ0) is 16.3. The third-order valence-corrected chi connectivity index (χ3v) is 3.74. The molecule has 7 nitrogen and oxygen atoms in total. The van der Waals surface area contributed by atoms with E-state index >= 15 is 0 Å². The molecule has 0 spiro atoms. The van der Waals surface area contributed by atoms with Crippen LogP contribution in [0.4, 0.5) is 11.4 Å². The summed E-state index contributed by atoms with van der Waals surface area (Å²) in [5, 5.41) is 22.8. The second kappa shape index (κ2) is 6.57. The number of nitrogens with zero attached hydrogens (tertiary/aromatic N) is 1. The Labute approximate surface area is 130 Å². The van der Waals surface area contributed by atoms with Crippen LogP contribution in [0.5, 0.6) is 0 Å².